The highest BCUT2D eigenvalue weighted by molar-refractivity contribution is 4.87. The molecule has 0 aromatic heterocycles. The van der Waals surface area contributed by atoms with E-state index in [0.29, 0.717) is 12.1 Å². The maximum atomic E-state index is 3.53. The molecule has 3 unspecified atom stereocenters. The third-order valence-corrected chi connectivity index (χ3v) is 4.55. The van der Waals surface area contributed by atoms with E-state index < -0.39 is 0 Å². The SMILES string of the molecule is CCCC(NC)C(CC)N(C)C1CCCN(C)C1. The Balaban J connectivity index is 2.61. The van der Waals surface area contributed by atoms with Crippen molar-refractivity contribution in [1.29, 1.82) is 0 Å². The first-order valence-corrected chi connectivity index (χ1v) is 7.71. The van der Waals surface area contributed by atoms with Crippen LogP contribution in [0.25, 0.3) is 0 Å². The quantitative estimate of drug-likeness (QED) is 0.752. The van der Waals surface area contributed by atoms with Crippen molar-refractivity contribution in [3.63, 3.8) is 0 Å². The van der Waals surface area contributed by atoms with Crippen LogP contribution in [0, 0.1) is 0 Å². The summed E-state index contributed by atoms with van der Waals surface area (Å²) in [5, 5.41) is 3.53. The van der Waals surface area contributed by atoms with Crippen LogP contribution in [0.15, 0.2) is 0 Å². The van der Waals surface area contributed by atoms with Crippen LogP contribution in [0.3, 0.4) is 0 Å². The Morgan fingerprint density at radius 1 is 1.39 bits per heavy atom. The topological polar surface area (TPSA) is 18.5 Å². The van der Waals surface area contributed by atoms with E-state index in [4.69, 9.17) is 0 Å². The summed E-state index contributed by atoms with van der Waals surface area (Å²) < 4.78 is 0. The molecule has 0 aromatic rings. The number of hydrogen-bond donors (Lipinski definition) is 1. The first kappa shape index (κ1) is 15.9. The van der Waals surface area contributed by atoms with Gasteiger partial charge in [0, 0.05) is 24.7 Å². The molecule has 1 saturated heterocycles. The highest BCUT2D eigenvalue weighted by Gasteiger charge is 2.29. The summed E-state index contributed by atoms with van der Waals surface area (Å²) >= 11 is 0. The predicted octanol–water partition coefficient (Wildman–Crippen LogP) is 2.18. The van der Waals surface area contributed by atoms with E-state index in [-0.39, 0.29) is 0 Å². The zero-order valence-corrected chi connectivity index (χ0v) is 13.1. The van der Waals surface area contributed by atoms with Gasteiger partial charge in [0.05, 0.1) is 0 Å². The van der Waals surface area contributed by atoms with Crippen molar-refractivity contribution in [3.05, 3.63) is 0 Å². The maximum Gasteiger partial charge on any atom is 0.0247 e. The van der Waals surface area contributed by atoms with Gasteiger partial charge in [-0.2, -0.15) is 0 Å². The molecule has 3 heteroatoms. The maximum absolute atomic E-state index is 3.53. The lowest BCUT2D eigenvalue weighted by Gasteiger charge is -2.42. The Kier molecular flexibility index (Phi) is 7.20. The van der Waals surface area contributed by atoms with Gasteiger partial charge in [-0.05, 0) is 53.4 Å². The fourth-order valence-electron chi connectivity index (χ4n) is 3.44. The summed E-state index contributed by atoms with van der Waals surface area (Å²) in [4.78, 5) is 5.12. The summed E-state index contributed by atoms with van der Waals surface area (Å²) in [5.41, 5.74) is 0. The number of nitrogens with zero attached hydrogens (tertiary/aromatic N) is 2. The van der Waals surface area contributed by atoms with Gasteiger partial charge in [0.15, 0.2) is 0 Å². The Hall–Kier alpha value is -0.120. The second-order valence-corrected chi connectivity index (χ2v) is 5.88. The van der Waals surface area contributed by atoms with Crippen LogP contribution in [0.4, 0.5) is 0 Å². The molecule has 1 N–H and O–H groups in total. The molecule has 0 aliphatic carbocycles. The lowest BCUT2D eigenvalue weighted by Crippen LogP contribution is -2.54. The standard InChI is InChI=1S/C15H33N3/c1-6-9-14(16-3)15(7-2)18(5)13-10-8-11-17(4)12-13/h13-16H,6-12H2,1-5H3. The van der Waals surface area contributed by atoms with Gasteiger partial charge in [0.25, 0.3) is 0 Å². The van der Waals surface area contributed by atoms with Crippen molar-refractivity contribution in [2.75, 3.05) is 34.2 Å². The molecule has 0 amide bonds. The van der Waals surface area contributed by atoms with Gasteiger partial charge >= 0.3 is 0 Å². The molecule has 0 spiro atoms. The van der Waals surface area contributed by atoms with Crippen LogP contribution in [0.1, 0.15) is 46.0 Å². The summed E-state index contributed by atoms with van der Waals surface area (Å²) in [6, 6.07) is 2.05. The summed E-state index contributed by atoms with van der Waals surface area (Å²) in [7, 11) is 6.70. The summed E-state index contributed by atoms with van der Waals surface area (Å²) in [6.45, 7) is 7.11. The van der Waals surface area contributed by atoms with Crippen LogP contribution in [0.5, 0.6) is 0 Å². The van der Waals surface area contributed by atoms with Gasteiger partial charge in [-0.3, -0.25) is 4.90 Å². The molecule has 1 heterocycles. The second kappa shape index (κ2) is 8.13. The molecule has 18 heavy (non-hydrogen) atoms. The molecule has 108 valence electrons. The molecule has 3 nitrogen and oxygen atoms in total. The van der Waals surface area contributed by atoms with Gasteiger partial charge in [0.1, 0.15) is 0 Å². The largest absolute Gasteiger partial charge is 0.315 e. The number of likely N-dealkylation sites (tertiary alicyclic amines) is 1. The zero-order chi connectivity index (χ0) is 13.5. The van der Waals surface area contributed by atoms with Crippen molar-refractivity contribution >= 4 is 0 Å². The van der Waals surface area contributed by atoms with Crippen molar-refractivity contribution < 1.29 is 0 Å². The van der Waals surface area contributed by atoms with E-state index in [1.165, 1.54) is 45.2 Å². The first-order valence-electron chi connectivity index (χ1n) is 7.71. The smallest absolute Gasteiger partial charge is 0.0247 e. The Labute approximate surface area is 114 Å². The highest BCUT2D eigenvalue weighted by Crippen LogP contribution is 2.20. The number of nitrogens with one attached hydrogen (secondary N) is 1. The third-order valence-electron chi connectivity index (χ3n) is 4.55. The minimum Gasteiger partial charge on any atom is -0.315 e. The third kappa shape index (κ3) is 4.22. The highest BCUT2D eigenvalue weighted by atomic mass is 15.2. The molecule has 3 atom stereocenters. The first-order chi connectivity index (χ1) is 8.63. The van der Waals surface area contributed by atoms with E-state index in [0.717, 1.165) is 6.04 Å². The molecule has 1 aliphatic rings. The fraction of sp³-hybridized carbons (Fsp3) is 1.00. The molecular weight excluding hydrogens is 222 g/mol. The molecule has 0 saturated carbocycles. The van der Waals surface area contributed by atoms with E-state index in [1.54, 1.807) is 0 Å². The minimum absolute atomic E-state index is 0.636. The van der Waals surface area contributed by atoms with E-state index >= 15 is 0 Å². The van der Waals surface area contributed by atoms with Crippen LogP contribution in [0.2, 0.25) is 0 Å². The summed E-state index contributed by atoms with van der Waals surface area (Å²) in [6.07, 6.45) is 6.49. The van der Waals surface area contributed by atoms with Crippen LogP contribution < -0.4 is 5.32 Å². The van der Waals surface area contributed by atoms with Gasteiger partial charge < -0.3 is 10.2 Å². The average molecular weight is 255 g/mol. The van der Waals surface area contributed by atoms with Gasteiger partial charge in [-0.15, -0.1) is 0 Å². The second-order valence-electron chi connectivity index (χ2n) is 5.88. The zero-order valence-electron chi connectivity index (χ0n) is 13.1. The monoisotopic (exact) mass is 255 g/mol. The van der Waals surface area contributed by atoms with E-state index in [9.17, 15) is 0 Å². The van der Waals surface area contributed by atoms with Crippen LogP contribution in [-0.2, 0) is 0 Å². The molecular formula is C15H33N3. The predicted molar refractivity (Wildman–Crippen MR) is 80.1 cm³/mol. The molecule has 0 bridgehead atoms. The molecule has 1 fully saturated rings. The van der Waals surface area contributed by atoms with Gasteiger partial charge in [-0.25, -0.2) is 0 Å². The van der Waals surface area contributed by atoms with Crippen molar-refractivity contribution in [2.45, 2.75) is 64.1 Å². The number of likely N-dealkylation sites (N-methyl/N-ethyl adjacent to an activating group) is 3. The number of rotatable bonds is 7. The average Bonchev–Trinajstić information content (AvgIpc) is 2.38. The minimum atomic E-state index is 0.636. The number of piperidine rings is 1. The Bertz CT molecular complexity index is 220. The Morgan fingerprint density at radius 2 is 2.11 bits per heavy atom. The van der Waals surface area contributed by atoms with Crippen molar-refractivity contribution in [2.24, 2.45) is 0 Å². The van der Waals surface area contributed by atoms with Gasteiger partial charge in [0.2, 0.25) is 0 Å². The molecule has 1 rings (SSSR count). The van der Waals surface area contributed by atoms with Gasteiger partial charge in [-0.1, -0.05) is 20.3 Å². The number of hydrogen-bond acceptors (Lipinski definition) is 3. The lowest BCUT2D eigenvalue weighted by atomic mass is 9.96. The summed E-state index contributed by atoms with van der Waals surface area (Å²) in [5.74, 6) is 0. The van der Waals surface area contributed by atoms with Crippen molar-refractivity contribution in [1.82, 2.24) is 15.1 Å². The normalized spacial score (nSPS) is 25.3. The molecule has 0 aromatic carbocycles. The molecule has 1 aliphatic heterocycles. The fourth-order valence-corrected chi connectivity index (χ4v) is 3.44. The van der Waals surface area contributed by atoms with Crippen LogP contribution >= 0.6 is 0 Å². The van der Waals surface area contributed by atoms with Crippen LogP contribution in [-0.4, -0.2) is 62.2 Å². The van der Waals surface area contributed by atoms with E-state index in [2.05, 4.69) is 50.1 Å². The Morgan fingerprint density at radius 3 is 2.61 bits per heavy atom. The van der Waals surface area contributed by atoms with E-state index in [1.807, 2.05) is 0 Å². The van der Waals surface area contributed by atoms with Crippen molar-refractivity contribution in [3.8, 4) is 0 Å². The lowest BCUT2D eigenvalue weighted by molar-refractivity contribution is 0.0779. The molecule has 0 radical (unpaired) electrons.